The molecule has 4 aliphatic rings. The van der Waals surface area contributed by atoms with Crippen LogP contribution in [0.15, 0.2) is 12.1 Å². The summed E-state index contributed by atoms with van der Waals surface area (Å²) in [4.78, 5) is 0. The Morgan fingerprint density at radius 3 is 2.05 bits per heavy atom. The first-order valence-electron chi connectivity index (χ1n) is 8.02. The molecule has 4 heteroatoms. The Kier molecular flexibility index (Phi) is 2.86. The smallest absolute Gasteiger partial charge is 0.200 e. The number of phenols is 3. The van der Waals surface area contributed by atoms with Crippen LogP contribution in [0, 0.1) is 17.8 Å². The maximum Gasteiger partial charge on any atom is 0.200 e. The minimum atomic E-state index is -0.417. The van der Waals surface area contributed by atoms with Gasteiger partial charge in [0.15, 0.2) is 11.5 Å². The van der Waals surface area contributed by atoms with Crippen molar-refractivity contribution in [3.63, 3.8) is 0 Å². The lowest BCUT2D eigenvalue weighted by Gasteiger charge is -2.57. The van der Waals surface area contributed by atoms with Crippen LogP contribution in [0.25, 0.3) is 0 Å². The fourth-order valence-electron chi connectivity index (χ4n) is 5.36. The molecule has 0 saturated heterocycles. The van der Waals surface area contributed by atoms with Gasteiger partial charge in [0.25, 0.3) is 0 Å². The Hall–Kier alpha value is -1.42. The Morgan fingerprint density at radius 2 is 1.48 bits per heavy atom. The molecule has 0 amide bonds. The van der Waals surface area contributed by atoms with Crippen molar-refractivity contribution >= 4 is 0 Å². The fraction of sp³-hybridized carbons (Fsp3) is 0.647. The highest BCUT2D eigenvalue weighted by Gasteiger charge is 2.50. The molecule has 0 aliphatic heterocycles. The molecule has 0 aromatic heterocycles. The van der Waals surface area contributed by atoms with Crippen molar-refractivity contribution in [1.29, 1.82) is 0 Å². The van der Waals surface area contributed by atoms with Crippen LogP contribution in [0.3, 0.4) is 0 Å². The second kappa shape index (κ2) is 4.54. The molecule has 4 bridgehead atoms. The third-order valence-electron chi connectivity index (χ3n) is 5.91. The van der Waals surface area contributed by atoms with Crippen LogP contribution in [0.2, 0.25) is 0 Å². The van der Waals surface area contributed by atoms with Crippen molar-refractivity contribution in [3.8, 4) is 17.2 Å². The van der Waals surface area contributed by atoms with E-state index in [1.807, 2.05) is 0 Å². The Morgan fingerprint density at radius 1 is 0.905 bits per heavy atom. The largest absolute Gasteiger partial charge is 0.504 e. The minimum absolute atomic E-state index is 0.202. The SMILES string of the molecule is Oc1ccc(CNC23CC4CC(CC(C4)C2)C3)c(O)c1O. The normalized spacial score (nSPS) is 37.0. The number of hydrogen-bond acceptors (Lipinski definition) is 4. The first kappa shape index (κ1) is 13.3. The summed E-state index contributed by atoms with van der Waals surface area (Å²) in [5.41, 5.74) is 0.885. The van der Waals surface area contributed by atoms with Crippen LogP contribution < -0.4 is 5.32 Å². The second-order valence-corrected chi connectivity index (χ2v) is 7.49. The first-order valence-corrected chi connectivity index (χ1v) is 8.02. The quantitative estimate of drug-likeness (QED) is 0.646. The van der Waals surface area contributed by atoms with Crippen molar-refractivity contribution < 1.29 is 15.3 Å². The van der Waals surface area contributed by atoms with Gasteiger partial charge in [0, 0.05) is 17.6 Å². The molecule has 1 aromatic carbocycles. The van der Waals surface area contributed by atoms with Crippen molar-refractivity contribution in [2.75, 3.05) is 0 Å². The molecule has 5 rings (SSSR count). The number of aromatic hydroxyl groups is 3. The van der Waals surface area contributed by atoms with Gasteiger partial charge in [-0.2, -0.15) is 0 Å². The average Bonchev–Trinajstić information content (AvgIpc) is 2.42. The van der Waals surface area contributed by atoms with Crippen LogP contribution >= 0.6 is 0 Å². The predicted molar refractivity (Wildman–Crippen MR) is 79.2 cm³/mol. The summed E-state index contributed by atoms with van der Waals surface area (Å²) >= 11 is 0. The summed E-state index contributed by atoms with van der Waals surface area (Å²) in [5.74, 6) is 1.75. The van der Waals surface area contributed by atoms with Gasteiger partial charge in [-0.15, -0.1) is 0 Å². The van der Waals surface area contributed by atoms with Gasteiger partial charge in [0.05, 0.1) is 0 Å². The average molecular weight is 289 g/mol. The molecule has 4 fully saturated rings. The zero-order chi connectivity index (χ0) is 14.6. The topological polar surface area (TPSA) is 72.7 Å². The number of benzene rings is 1. The van der Waals surface area contributed by atoms with E-state index in [0.717, 1.165) is 17.8 Å². The summed E-state index contributed by atoms with van der Waals surface area (Å²) in [6.07, 6.45) is 7.99. The Bertz CT molecular complexity index is 534. The summed E-state index contributed by atoms with van der Waals surface area (Å²) in [7, 11) is 0. The standard InChI is InChI=1S/C17H23NO3/c19-14-2-1-13(15(20)16(14)21)9-18-17-6-10-3-11(7-17)5-12(4-10)8-17/h1-2,10-12,18-21H,3-9H2. The molecule has 4 N–H and O–H groups in total. The van der Waals surface area contributed by atoms with E-state index in [0.29, 0.717) is 12.1 Å². The van der Waals surface area contributed by atoms with Gasteiger partial charge >= 0.3 is 0 Å². The third-order valence-corrected chi connectivity index (χ3v) is 5.91. The van der Waals surface area contributed by atoms with Gasteiger partial charge in [-0.25, -0.2) is 0 Å². The monoisotopic (exact) mass is 289 g/mol. The molecule has 0 spiro atoms. The number of phenolic OH excluding ortho intramolecular Hbond substituents is 3. The summed E-state index contributed by atoms with van der Waals surface area (Å²) in [6, 6.07) is 3.11. The lowest BCUT2D eigenvalue weighted by Crippen LogP contribution is -2.58. The number of rotatable bonds is 3. The van der Waals surface area contributed by atoms with Gasteiger partial charge in [0.2, 0.25) is 5.75 Å². The molecule has 114 valence electrons. The molecule has 21 heavy (non-hydrogen) atoms. The van der Waals surface area contributed by atoms with Gasteiger partial charge in [-0.3, -0.25) is 0 Å². The van der Waals surface area contributed by atoms with E-state index in [9.17, 15) is 15.3 Å². The number of hydrogen-bond donors (Lipinski definition) is 4. The molecular weight excluding hydrogens is 266 g/mol. The minimum Gasteiger partial charge on any atom is -0.504 e. The van der Waals surface area contributed by atoms with Crippen molar-refractivity contribution in [1.82, 2.24) is 5.32 Å². The fourth-order valence-corrected chi connectivity index (χ4v) is 5.36. The van der Waals surface area contributed by atoms with E-state index in [2.05, 4.69) is 5.32 Å². The van der Waals surface area contributed by atoms with Gasteiger partial charge < -0.3 is 20.6 Å². The molecule has 0 radical (unpaired) electrons. The van der Waals surface area contributed by atoms with E-state index >= 15 is 0 Å². The molecule has 4 saturated carbocycles. The van der Waals surface area contributed by atoms with Crippen LogP contribution in [-0.4, -0.2) is 20.9 Å². The molecule has 0 atom stereocenters. The summed E-state index contributed by atoms with van der Waals surface area (Å²) in [6.45, 7) is 0.547. The van der Waals surface area contributed by atoms with Crippen molar-refractivity contribution in [3.05, 3.63) is 17.7 Å². The molecule has 4 nitrogen and oxygen atoms in total. The van der Waals surface area contributed by atoms with E-state index in [4.69, 9.17) is 0 Å². The van der Waals surface area contributed by atoms with E-state index in [1.54, 1.807) is 6.07 Å². The zero-order valence-corrected chi connectivity index (χ0v) is 12.2. The van der Waals surface area contributed by atoms with E-state index < -0.39 is 5.75 Å². The van der Waals surface area contributed by atoms with Crippen LogP contribution in [0.4, 0.5) is 0 Å². The lowest BCUT2D eigenvalue weighted by atomic mass is 9.53. The molecule has 0 unspecified atom stereocenters. The van der Waals surface area contributed by atoms with Gasteiger partial charge in [-0.05, 0) is 62.3 Å². The highest BCUT2D eigenvalue weighted by Crippen LogP contribution is 2.55. The van der Waals surface area contributed by atoms with Gasteiger partial charge in [-0.1, -0.05) is 6.07 Å². The highest BCUT2D eigenvalue weighted by atomic mass is 16.3. The Labute approximate surface area is 124 Å². The molecule has 4 aliphatic carbocycles. The zero-order valence-electron chi connectivity index (χ0n) is 12.2. The van der Waals surface area contributed by atoms with Gasteiger partial charge in [0.1, 0.15) is 0 Å². The second-order valence-electron chi connectivity index (χ2n) is 7.49. The van der Waals surface area contributed by atoms with Crippen molar-refractivity contribution in [2.24, 2.45) is 17.8 Å². The summed E-state index contributed by atoms with van der Waals surface area (Å²) < 4.78 is 0. The first-order chi connectivity index (χ1) is 10.0. The molecular formula is C17H23NO3. The van der Waals surface area contributed by atoms with Crippen LogP contribution in [0.5, 0.6) is 17.2 Å². The maximum atomic E-state index is 9.94. The molecule has 0 heterocycles. The maximum absolute atomic E-state index is 9.94. The lowest BCUT2D eigenvalue weighted by molar-refractivity contribution is -0.0206. The van der Waals surface area contributed by atoms with Crippen LogP contribution in [0.1, 0.15) is 44.1 Å². The number of nitrogens with one attached hydrogen (secondary N) is 1. The van der Waals surface area contributed by atoms with E-state index in [1.165, 1.54) is 44.6 Å². The van der Waals surface area contributed by atoms with Crippen LogP contribution in [-0.2, 0) is 6.54 Å². The Balaban J connectivity index is 1.51. The highest BCUT2D eigenvalue weighted by molar-refractivity contribution is 5.53. The third kappa shape index (κ3) is 2.16. The molecule has 1 aromatic rings. The summed E-state index contributed by atoms with van der Waals surface area (Å²) in [5, 5.41) is 32.6. The predicted octanol–water partition coefficient (Wildman–Crippen LogP) is 2.86. The van der Waals surface area contributed by atoms with E-state index in [-0.39, 0.29) is 17.0 Å². The van der Waals surface area contributed by atoms with Crippen molar-refractivity contribution in [2.45, 2.75) is 50.6 Å².